The van der Waals surface area contributed by atoms with E-state index in [0.717, 1.165) is 39.1 Å². The minimum atomic E-state index is 0.124. The summed E-state index contributed by atoms with van der Waals surface area (Å²) in [5.41, 5.74) is 2.77. The number of piperidine rings is 1. The third-order valence-electron chi connectivity index (χ3n) is 5.09. The molecule has 0 atom stereocenters. The van der Waals surface area contributed by atoms with Crippen LogP contribution in [0.25, 0.3) is 0 Å². The fourth-order valence-corrected chi connectivity index (χ4v) is 3.81. The summed E-state index contributed by atoms with van der Waals surface area (Å²) in [5, 5.41) is 0. The van der Waals surface area contributed by atoms with E-state index in [0.29, 0.717) is 12.5 Å². The van der Waals surface area contributed by atoms with Gasteiger partial charge in [0.1, 0.15) is 0 Å². The highest BCUT2D eigenvalue weighted by atomic mass is 35.5. The number of ether oxygens (including phenoxy) is 1. The number of nitrogens with zero attached hydrogens (tertiary/aromatic N) is 1. The van der Waals surface area contributed by atoms with Crippen LogP contribution in [0.1, 0.15) is 24.0 Å². The molecule has 1 aliphatic rings. The molecular weight excluding hydrogens is 318 g/mol. The molecule has 0 bridgehead atoms. The maximum atomic E-state index is 6.17. The van der Waals surface area contributed by atoms with E-state index in [1.165, 1.54) is 11.1 Å². The molecule has 1 saturated heterocycles. The zero-order valence-corrected chi connectivity index (χ0v) is 14.9. The van der Waals surface area contributed by atoms with E-state index >= 15 is 0 Å². The van der Waals surface area contributed by atoms with E-state index < -0.39 is 0 Å². The molecule has 0 amide bonds. The lowest BCUT2D eigenvalue weighted by atomic mass is 9.73. The zero-order chi connectivity index (χ0) is 16.7. The van der Waals surface area contributed by atoms with Crippen molar-refractivity contribution < 1.29 is 4.74 Å². The number of likely N-dealkylation sites (tertiary alicyclic amines) is 1. The maximum absolute atomic E-state index is 6.17. The second-order valence-corrected chi connectivity index (χ2v) is 7.03. The third kappa shape index (κ3) is 4.38. The first-order valence-corrected chi connectivity index (χ1v) is 9.31. The Kier molecular flexibility index (Phi) is 6.30. The molecule has 24 heavy (non-hydrogen) atoms. The molecule has 0 spiro atoms. The van der Waals surface area contributed by atoms with Gasteiger partial charge in [0, 0.05) is 17.8 Å². The predicted molar refractivity (Wildman–Crippen MR) is 101 cm³/mol. The van der Waals surface area contributed by atoms with Gasteiger partial charge >= 0.3 is 0 Å². The molecule has 0 aromatic heterocycles. The van der Waals surface area contributed by atoms with Crippen LogP contribution in [-0.4, -0.2) is 37.0 Å². The minimum absolute atomic E-state index is 0.124. The van der Waals surface area contributed by atoms with E-state index in [2.05, 4.69) is 59.5 Å². The van der Waals surface area contributed by atoms with Crippen LogP contribution in [0.2, 0.25) is 0 Å². The fourth-order valence-electron chi connectivity index (χ4n) is 3.57. The van der Waals surface area contributed by atoms with Crippen LogP contribution >= 0.6 is 11.6 Å². The van der Waals surface area contributed by atoms with Crippen molar-refractivity contribution in [1.29, 1.82) is 0 Å². The van der Waals surface area contributed by atoms with Crippen molar-refractivity contribution >= 4 is 11.6 Å². The number of rotatable bonds is 7. The van der Waals surface area contributed by atoms with Gasteiger partial charge in [0.25, 0.3) is 0 Å². The summed E-state index contributed by atoms with van der Waals surface area (Å²) in [6.07, 6.45) is 2.26. The van der Waals surface area contributed by atoms with E-state index in [9.17, 15) is 0 Å². The predicted octanol–water partition coefficient (Wildman–Crippen LogP) is 4.48. The SMILES string of the molecule is ClCCN1CCC(COCc2ccccc2)(c2ccccc2)CC1. The molecule has 1 heterocycles. The number of benzene rings is 2. The van der Waals surface area contributed by atoms with Gasteiger partial charge in [-0.2, -0.15) is 0 Å². The highest BCUT2D eigenvalue weighted by Gasteiger charge is 2.36. The molecule has 1 aliphatic heterocycles. The molecule has 0 aliphatic carbocycles. The molecule has 0 radical (unpaired) electrons. The first kappa shape index (κ1) is 17.5. The Morgan fingerprint density at radius 1 is 0.917 bits per heavy atom. The summed E-state index contributed by atoms with van der Waals surface area (Å²) in [5.74, 6) is 0.711. The van der Waals surface area contributed by atoms with E-state index in [1.807, 2.05) is 6.07 Å². The molecule has 0 saturated carbocycles. The topological polar surface area (TPSA) is 12.5 Å². The highest BCUT2D eigenvalue weighted by Crippen LogP contribution is 2.36. The molecular formula is C21H26ClNO. The normalized spacial score (nSPS) is 17.7. The summed E-state index contributed by atoms with van der Waals surface area (Å²) >= 11 is 5.91. The summed E-state index contributed by atoms with van der Waals surface area (Å²) in [6.45, 7) is 4.63. The van der Waals surface area contributed by atoms with Gasteiger partial charge < -0.3 is 9.64 Å². The van der Waals surface area contributed by atoms with Crippen molar-refractivity contribution in [3.05, 3.63) is 71.8 Å². The smallest absolute Gasteiger partial charge is 0.0717 e. The van der Waals surface area contributed by atoms with Crippen molar-refractivity contribution in [3.8, 4) is 0 Å². The van der Waals surface area contributed by atoms with Crippen LogP contribution in [0.5, 0.6) is 0 Å². The lowest BCUT2D eigenvalue weighted by molar-refractivity contribution is 0.0373. The Balaban J connectivity index is 1.67. The molecule has 0 N–H and O–H groups in total. The van der Waals surface area contributed by atoms with Crippen LogP contribution in [0, 0.1) is 0 Å². The maximum Gasteiger partial charge on any atom is 0.0717 e. The van der Waals surface area contributed by atoms with E-state index in [4.69, 9.17) is 16.3 Å². The molecule has 2 aromatic rings. The Labute approximate surface area is 150 Å². The minimum Gasteiger partial charge on any atom is -0.376 e. The van der Waals surface area contributed by atoms with Gasteiger partial charge in [-0.1, -0.05) is 60.7 Å². The summed E-state index contributed by atoms with van der Waals surface area (Å²) in [7, 11) is 0. The van der Waals surface area contributed by atoms with Crippen LogP contribution < -0.4 is 0 Å². The molecule has 3 heteroatoms. The zero-order valence-electron chi connectivity index (χ0n) is 14.2. The lowest BCUT2D eigenvalue weighted by Crippen LogP contribution is -2.45. The molecule has 2 nitrogen and oxygen atoms in total. The van der Waals surface area contributed by atoms with Gasteiger partial charge in [0.05, 0.1) is 13.2 Å². The Hall–Kier alpha value is -1.35. The second kappa shape index (κ2) is 8.66. The van der Waals surface area contributed by atoms with Gasteiger partial charge in [-0.05, 0) is 37.1 Å². The van der Waals surface area contributed by atoms with Crippen molar-refractivity contribution in [2.75, 3.05) is 32.1 Å². The van der Waals surface area contributed by atoms with Crippen LogP contribution in [-0.2, 0) is 16.8 Å². The quantitative estimate of drug-likeness (QED) is 0.687. The number of hydrogen-bond acceptors (Lipinski definition) is 2. The summed E-state index contributed by atoms with van der Waals surface area (Å²) in [6, 6.07) is 21.3. The van der Waals surface area contributed by atoms with Crippen LogP contribution in [0.4, 0.5) is 0 Å². The van der Waals surface area contributed by atoms with Gasteiger partial charge in [-0.25, -0.2) is 0 Å². The second-order valence-electron chi connectivity index (χ2n) is 6.66. The van der Waals surface area contributed by atoms with Crippen molar-refractivity contribution in [2.45, 2.75) is 24.9 Å². The van der Waals surface area contributed by atoms with Crippen molar-refractivity contribution in [3.63, 3.8) is 0 Å². The summed E-state index contributed by atoms with van der Waals surface area (Å²) in [4.78, 5) is 2.46. The lowest BCUT2D eigenvalue weighted by Gasteiger charge is -2.42. The third-order valence-corrected chi connectivity index (χ3v) is 5.26. The average molecular weight is 344 g/mol. The standard InChI is InChI=1S/C21H26ClNO/c22-13-16-23-14-11-21(12-15-23,20-9-5-2-6-10-20)18-24-17-19-7-3-1-4-8-19/h1-10H,11-18H2. The highest BCUT2D eigenvalue weighted by molar-refractivity contribution is 6.18. The number of hydrogen-bond donors (Lipinski definition) is 0. The molecule has 3 rings (SSSR count). The monoisotopic (exact) mass is 343 g/mol. The average Bonchev–Trinajstić information content (AvgIpc) is 2.65. The van der Waals surface area contributed by atoms with Crippen molar-refractivity contribution in [2.24, 2.45) is 0 Å². The first-order chi connectivity index (χ1) is 11.8. The molecule has 2 aromatic carbocycles. The first-order valence-electron chi connectivity index (χ1n) is 8.78. The van der Waals surface area contributed by atoms with Gasteiger partial charge in [0.15, 0.2) is 0 Å². The van der Waals surface area contributed by atoms with Crippen molar-refractivity contribution in [1.82, 2.24) is 4.90 Å². The molecule has 0 unspecified atom stereocenters. The Morgan fingerprint density at radius 3 is 2.17 bits per heavy atom. The van der Waals surface area contributed by atoms with E-state index in [1.54, 1.807) is 0 Å². The number of alkyl halides is 1. The number of halogens is 1. The van der Waals surface area contributed by atoms with E-state index in [-0.39, 0.29) is 5.41 Å². The molecule has 128 valence electrons. The van der Waals surface area contributed by atoms with Gasteiger partial charge in [-0.15, -0.1) is 11.6 Å². The Morgan fingerprint density at radius 2 is 1.54 bits per heavy atom. The van der Waals surface area contributed by atoms with Gasteiger partial charge in [0.2, 0.25) is 0 Å². The molecule has 1 fully saturated rings. The Bertz CT molecular complexity index is 594. The van der Waals surface area contributed by atoms with Crippen LogP contribution in [0.3, 0.4) is 0 Å². The summed E-state index contributed by atoms with van der Waals surface area (Å²) < 4.78 is 6.17. The van der Waals surface area contributed by atoms with Gasteiger partial charge in [-0.3, -0.25) is 0 Å². The van der Waals surface area contributed by atoms with Crippen LogP contribution in [0.15, 0.2) is 60.7 Å². The largest absolute Gasteiger partial charge is 0.376 e. The fraction of sp³-hybridized carbons (Fsp3) is 0.429.